The molecule has 2 aromatic rings. The van der Waals surface area contributed by atoms with Crippen LogP contribution in [0.1, 0.15) is 42.9 Å². The van der Waals surface area contributed by atoms with Crippen LogP contribution < -0.4 is 5.32 Å². The van der Waals surface area contributed by atoms with Crippen molar-refractivity contribution in [2.24, 2.45) is 4.99 Å². The van der Waals surface area contributed by atoms with Crippen LogP contribution in [-0.2, 0) is 0 Å². The Morgan fingerprint density at radius 2 is 1.96 bits per heavy atom. The zero-order valence-electron chi connectivity index (χ0n) is 15.4. The number of hydrogen-bond donors (Lipinski definition) is 2. The Hall–Kier alpha value is -2.93. The van der Waals surface area contributed by atoms with Crippen molar-refractivity contribution >= 4 is 28.7 Å². The second kappa shape index (κ2) is 13.4. The number of aliphatic imine (C=N–C) groups is 1. The van der Waals surface area contributed by atoms with Crippen LogP contribution in [0.2, 0.25) is 0 Å². The van der Waals surface area contributed by atoms with Gasteiger partial charge in [-0.25, -0.2) is 0 Å². The number of thiophene rings is 1. The summed E-state index contributed by atoms with van der Waals surface area (Å²) in [5.74, 6) is 0. The standard InChI is InChI=1S/C15H12N4OS.C3H6.C2H6/c1-18-9-13(20)14-6-11(8-17)15(21-14)19-12-4-2-3-10(5-12)7-16;1-3-2;1-2/h2-6,13,19-20H,1,9H2;3H,1H2,2H3;1-2H3. The zero-order valence-corrected chi connectivity index (χ0v) is 16.2. The van der Waals surface area contributed by atoms with Crippen molar-refractivity contribution < 1.29 is 5.11 Å². The van der Waals surface area contributed by atoms with Crippen molar-refractivity contribution in [2.75, 3.05) is 11.9 Å². The Bertz CT molecular complexity index is 784. The zero-order chi connectivity index (χ0) is 19.9. The normalized spacial score (nSPS) is 9.77. The summed E-state index contributed by atoms with van der Waals surface area (Å²) in [5.41, 5.74) is 1.70. The maximum atomic E-state index is 9.90. The van der Waals surface area contributed by atoms with E-state index in [1.807, 2.05) is 26.8 Å². The molecule has 1 heterocycles. The molecule has 0 saturated heterocycles. The predicted molar refractivity (Wildman–Crippen MR) is 110 cm³/mol. The third kappa shape index (κ3) is 7.31. The van der Waals surface area contributed by atoms with Gasteiger partial charge in [0, 0.05) is 10.6 Å². The van der Waals surface area contributed by atoms with E-state index in [9.17, 15) is 5.11 Å². The first-order valence-electron chi connectivity index (χ1n) is 8.08. The van der Waals surface area contributed by atoms with Gasteiger partial charge in [0.15, 0.2) is 0 Å². The van der Waals surface area contributed by atoms with Gasteiger partial charge in [-0.2, -0.15) is 10.5 Å². The fraction of sp³-hybridized carbons (Fsp3) is 0.250. The molecule has 1 unspecified atom stereocenters. The summed E-state index contributed by atoms with van der Waals surface area (Å²) in [6.45, 7) is 12.8. The quantitative estimate of drug-likeness (QED) is 0.561. The molecule has 0 spiro atoms. The molecule has 0 bridgehead atoms. The summed E-state index contributed by atoms with van der Waals surface area (Å²) in [5, 5.41) is 31.7. The van der Waals surface area contributed by atoms with Crippen molar-refractivity contribution in [3.05, 3.63) is 59.0 Å². The van der Waals surface area contributed by atoms with Crippen molar-refractivity contribution in [2.45, 2.75) is 26.9 Å². The highest BCUT2D eigenvalue weighted by molar-refractivity contribution is 7.16. The fourth-order valence-electron chi connectivity index (χ4n) is 1.76. The number of anilines is 2. The topological polar surface area (TPSA) is 92.2 Å². The van der Waals surface area contributed by atoms with E-state index in [2.05, 4.69) is 35.7 Å². The van der Waals surface area contributed by atoms with Gasteiger partial charge in [0.2, 0.25) is 0 Å². The number of allylic oxidation sites excluding steroid dienone is 1. The minimum Gasteiger partial charge on any atom is -0.386 e. The molecular weight excluding hydrogens is 344 g/mol. The van der Waals surface area contributed by atoms with Crippen LogP contribution in [0.3, 0.4) is 0 Å². The van der Waals surface area contributed by atoms with Crippen LogP contribution in [0.5, 0.6) is 0 Å². The molecule has 0 fully saturated rings. The van der Waals surface area contributed by atoms with Crippen molar-refractivity contribution in [1.29, 1.82) is 10.5 Å². The van der Waals surface area contributed by atoms with Gasteiger partial charge in [0.05, 0.1) is 23.7 Å². The lowest BCUT2D eigenvalue weighted by molar-refractivity contribution is 0.191. The van der Waals surface area contributed by atoms with E-state index in [-0.39, 0.29) is 6.54 Å². The first kappa shape index (κ1) is 23.1. The molecule has 1 aromatic carbocycles. The van der Waals surface area contributed by atoms with Gasteiger partial charge < -0.3 is 10.4 Å². The van der Waals surface area contributed by atoms with E-state index in [4.69, 9.17) is 10.5 Å². The lowest BCUT2D eigenvalue weighted by Crippen LogP contribution is -1.97. The van der Waals surface area contributed by atoms with Crippen LogP contribution in [0.25, 0.3) is 0 Å². The Balaban J connectivity index is 0.00000113. The van der Waals surface area contributed by atoms with Gasteiger partial charge in [-0.3, -0.25) is 4.99 Å². The lowest BCUT2D eigenvalue weighted by Gasteiger charge is -2.05. The first-order chi connectivity index (χ1) is 12.6. The second-order valence-electron chi connectivity index (χ2n) is 4.65. The van der Waals surface area contributed by atoms with Crippen LogP contribution in [0.4, 0.5) is 10.7 Å². The number of aliphatic hydroxyl groups is 1. The summed E-state index contributed by atoms with van der Waals surface area (Å²) >= 11 is 1.29. The van der Waals surface area contributed by atoms with Gasteiger partial charge in [-0.1, -0.05) is 26.0 Å². The smallest absolute Gasteiger partial charge is 0.111 e. The predicted octanol–water partition coefficient (Wildman–Crippen LogP) is 5.19. The number of rotatable bonds is 5. The minimum atomic E-state index is -0.763. The number of nitrogens with zero attached hydrogens (tertiary/aromatic N) is 3. The molecule has 26 heavy (non-hydrogen) atoms. The highest BCUT2D eigenvalue weighted by atomic mass is 32.1. The van der Waals surface area contributed by atoms with Crippen molar-refractivity contribution in [3.63, 3.8) is 0 Å². The largest absolute Gasteiger partial charge is 0.386 e. The molecule has 0 radical (unpaired) electrons. The summed E-state index contributed by atoms with van der Waals surface area (Å²) in [6.07, 6.45) is 0.987. The maximum Gasteiger partial charge on any atom is 0.111 e. The SMILES string of the molecule is C=CC.C=NCC(O)c1cc(C#N)c(Nc2cccc(C#N)c2)s1.CC. The molecule has 1 aromatic heterocycles. The summed E-state index contributed by atoms with van der Waals surface area (Å²) in [6, 6.07) is 12.8. The van der Waals surface area contributed by atoms with Gasteiger partial charge in [0.25, 0.3) is 0 Å². The molecular formula is C20H24N4OS. The van der Waals surface area contributed by atoms with Gasteiger partial charge >= 0.3 is 0 Å². The van der Waals surface area contributed by atoms with E-state index in [1.165, 1.54) is 11.3 Å². The van der Waals surface area contributed by atoms with Gasteiger partial charge in [-0.05, 0) is 37.9 Å². The van der Waals surface area contributed by atoms with Crippen LogP contribution >= 0.6 is 11.3 Å². The summed E-state index contributed by atoms with van der Waals surface area (Å²) in [4.78, 5) is 4.30. The minimum absolute atomic E-state index is 0.189. The second-order valence-corrected chi connectivity index (χ2v) is 5.73. The van der Waals surface area contributed by atoms with E-state index in [0.717, 1.165) is 5.69 Å². The van der Waals surface area contributed by atoms with Gasteiger partial charge in [-0.15, -0.1) is 17.9 Å². The Labute approximate surface area is 159 Å². The number of hydrogen-bond acceptors (Lipinski definition) is 6. The van der Waals surface area contributed by atoms with Crippen molar-refractivity contribution in [1.82, 2.24) is 0 Å². The molecule has 6 heteroatoms. The molecule has 136 valence electrons. The lowest BCUT2D eigenvalue weighted by atomic mass is 10.2. The Morgan fingerprint density at radius 1 is 1.31 bits per heavy atom. The maximum absolute atomic E-state index is 9.90. The first-order valence-corrected chi connectivity index (χ1v) is 8.89. The third-order valence-corrected chi connectivity index (χ3v) is 3.90. The third-order valence-electron chi connectivity index (χ3n) is 2.75. The molecule has 2 rings (SSSR count). The molecule has 0 aliphatic rings. The van der Waals surface area contributed by atoms with E-state index in [1.54, 1.807) is 30.3 Å². The Kier molecular flexibility index (Phi) is 11.9. The van der Waals surface area contributed by atoms with Crippen LogP contribution in [-0.4, -0.2) is 18.4 Å². The van der Waals surface area contributed by atoms with Crippen LogP contribution in [0.15, 0.2) is 48.0 Å². The number of benzene rings is 1. The van der Waals surface area contributed by atoms with E-state index >= 15 is 0 Å². The molecule has 0 amide bonds. The molecule has 0 saturated carbocycles. The highest BCUT2D eigenvalue weighted by Crippen LogP contribution is 2.34. The van der Waals surface area contributed by atoms with E-state index < -0.39 is 6.10 Å². The molecule has 5 nitrogen and oxygen atoms in total. The number of nitriles is 2. The Morgan fingerprint density at radius 3 is 2.50 bits per heavy atom. The molecule has 1 atom stereocenters. The average molecular weight is 369 g/mol. The summed E-state index contributed by atoms with van der Waals surface area (Å²) in [7, 11) is 0. The average Bonchev–Trinajstić information content (AvgIpc) is 3.07. The highest BCUT2D eigenvalue weighted by Gasteiger charge is 2.15. The molecule has 2 N–H and O–H groups in total. The van der Waals surface area contributed by atoms with Crippen molar-refractivity contribution in [3.8, 4) is 12.1 Å². The number of nitrogens with one attached hydrogen (secondary N) is 1. The number of aliphatic hydroxyl groups excluding tert-OH is 1. The van der Waals surface area contributed by atoms with Crippen LogP contribution in [0, 0.1) is 22.7 Å². The summed E-state index contributed by atoms with van der Waals surface area (Å²) < 4.78 is 0. The fourth-order valence-corrected chi connectivity index (χ4v) is 2.77. The molecule has 0 aliphatic heterocycles. The molecule has 0 aliphatic carbocycles. The van der Waals surface area contributed by atoms with Gasteiger partial charge in [0.1, 0.15) is 17.2 Å². The van der Waals surface area contributed by atoms with E-state index in [0.29, 0.717) is 21.0 Å². The monoisotopic (exact) mass is 368 g/mol.